The summed E-state index contributed by atoms with van der Waals surface area (Å²) < 4.78 is 49.8. The molecule has 0 spiro atoms. The van der Waals surface area contributed by atoms with Gasteiger partial charge in [0.05, 0.1) is 18.0 Å². The van der Waals surface area contributed by atoms with Crippen LogP contribution in [0.5, 0.6) is 0 Å². The Morgan fingerprint density at radius 1 is 0.946 bits per heavy atom. The Morgan fingerprint density at radius 2 is 1.62 bits per heavy atom. The van der Waals surface area contributed by atoms with E-state index in [0.717, 1.165) is 18.4 Å². The highest BCUT2D eigenvalue weighted by molar-refractivity contribution is 7.90. The minimum absolute atomic E-state index is 0.0512. The minimum Gasteiger partial charge on any atom is -0.465 e. The van der Waals surface area contributed by atoms with Crippen LogP contribution >= 0.6 is 0 Å². The first-order valence-electron chi connectivity index (χ1n) is 13.1. The molecule has 2 saturated heterocycles. The number of hydrogen-bond donors (Lipinski definition) is 0. The van der Waals surface area contributed by atoms with Crippen LogP contribution in [0.2, 0.25) is 0 Å². The van der Waals surface area contributed by atoms with Crippen LogP contribution in [0, 0.1) is 5.82 Å². The number of esters is 1. The average Bonchev–Trinajstić information content (AvgIpc) is 3.21. The van der Waals surface area contributed by atoms with Crippen LogP contribution in [0.4, 0.5) is 15.8 Å². The Bertz CT molecular complexity index is 1170. The molecule has 8 nitrogen and oxygen atoms in total. The van der Waals surface area contributed by atoms with Crippen LogP contribution in [-0.4, -0.2) is 75.5 Å². The van der Waals surface area contributed by atoms with Crippen molar-refractivity contribution in [2.75, 3.05) is 55.1 Å². The van der Waals surface area contributed by atoms with Crippen molar-refractivity contribution in [3.63, 3.8) is 0 Å². The van der Waals surface area contributed by atoms with Crippen LogP contribution < -0.4 is 9.21 Å². The Hall–Kier alpha value is -2.69. The maximum atomic E-state index is 15.3. The molecule has 37 heavy (non-hydrogen) atoms. The first kappa shape index (κ1) is 27.3. The SMILES string of the molecule is CCOC(=O)C(c1ccccc1)N1CCN(c2ccc(N3CCN(C(CC)CC)S3(=O)=O)cc2F)CC1. The van der Waals surface area contributed by atoms with Crippen molar-refractivity contribution in [2.45, 2.75) is 45.7 Å². The number of carbonyl (C=O) groups is 1. The molecule has 0 aliphatic carbocycles. The number of nitrogens with zero attached hydrogens (tertiary/aromatic N) is 4. The number of piperazine rings is 1. The van der Waals surface area contributed by atoms with Gasteiger partial charge in [-0.05, 0) is 37.5 Å². The molecule has 0 aromatic heterocycles. The molecule has 0 radical (unpaired) electrons. The molecule has 0 amide bonds. The quantitative estimate of drug-likeness (QED) is 0.458. The molecule has 2 fully saturated rings. The smallest absolute Gasteiger partial charge is 0.328 e. The first-order chi connectivity index (χ1) is 17.8. The predicted molar refractivity (Wildman–Crippen MR) is 143 cm³/mol. The van der Waals surface area contributed by atoms with Crippen LogP contribution in [0.3, 0.4) is 0 Å². The van der Waals surface area contributed by atoms with E-state index in [1.807, 2.05) is 49.1 Å². The summed E-state index contributed by atoms with van der Waals surface area (Å²) in [7, 11) is -3.68. The summed E-state index contributed by atoms with van der Waals surface area (Å²) in [6.07, 6.45) is 1.48. The molecule has 1 unspecified atom stereocenters. The zero-order valence-electron chi connectivity index (χ0n) is 21.8. The summed E-state index contributed by atoms with van der Waals surface area (Å²) in [5.41, 5.74) is 1.66. The molecule has 2 aromatic carbocycles. The summed E-state index contributed by atoms with van der Waals surface area (Å²) in [4.78, 5) is 16.8. The Labute approximate surface area is 219 Å². The lowest BCUT2D eigenvalue weighted by Gasteiger charge is -2.39. The summed E-state index contributed by atoms with van der Waals surface area (Å²) in [5, 5.41) is 0. The second-order valence-electron chi connectivity index (χ2n) is 9.38. The summed E-state index contributed by atoms with van der Waals surface area (Å²) >= 11 is 0. The van der Waals surface area contributed by atoms with Gasteiger partial charge in [0, 0.05) is 51.4 Å². The van der Waals surface area contributed by atoms with Gasteiger partial charge in [0.2, 0.25) is 0 Å². The molecule has 1 atom stereocenters. The van der Waals surface area contributed by atoms with Crippen LogP contribution in [0.1, 0.15) is 45.2 Å². The molecular weight excluding hydrogens is 495 g/mol. The summed E-state index contributed by atoms with van der Waals surface area (Å²) in [6, 6.07) is 13.7. The molecular formula is C27H37FN4O4S. The van der Waals surface area contributed by atoms with Gasteiger partial charge in [-0.1, -0.05) is 44.2 Å². The van der Waals surface area contributed by atoms with Crippen molar-refractivity contribution in [1.29, 1.82) is 0 Å². The van der Waals surface area contributed by atoms with Crippen molar-refractivity contribution in [3.05, 3.63) is 59.9 Å². The Balaban J connectivity index is 1.47. The third kappa shape index (κ3) is 5.61. The molecule has 2 aromatic rings. The number of ether oxygens (including phenoxy) is 1. The third-order valence-corrected chi connectivity index (χ3v) is 9.34. The molecule has 2 aliphatic rings. The Morgan fingerprint density at radius 3 is 2.22 bits per heavy atom. The normalized spacial score (nSPS) is 19.4. The number of anilines is 2. The van der Waals surface area contributed by atoms with Crippen molar-refractivity contribution in [3.8, 4) is 0 Å². The summed E-state index contributed by atoms with van der Waals surface area (Å²) in [6.45, 7) is 8.96. The molecule has 2 heterocycles. The summed E-state index contributed by atoms with van der Waals surface area (Å²) in [5.74, 6) is -0.737. The van der Waals surface area contributed by atoms with Crippen LogP contribution in [0.15, 0.2) is 48.5 Å². The van der Waals surface area contributed by atoms with Gasteiger partial charge in [-0.15, -0.1) is 0 Å². The van der Waals surface area contributed by atoms with Crippen molar-refractivity contribution < 1.29 is 22.3 Å². The molecule has 2 aliphatic heterocycles. The van der Waals surface area contributed by atoms with Gasteiger partial charge in [0.15, 0.2) is 0 Å². The monoisotopic (exact) mass is 532 g/mol. The first-order valence-corrected chi connectivity index (χ1v) is 14.5. The zero-order chi connectivity index (χ0) is 26.6. The highest BCUT2D eigenvalue weighted by Gasteiger charge is 2.40. The van der Waals surface area contributed by atoms with E-state index in [2.05, 4.69) is 4.90 Å². The van der Waals surface area contributed by atoms with E-state index in [0.29, 0.717) is 57.3 Å². The second-order valence-corrected chi connectivity index (χ2v) is 11.2. The van der Waals surface area contributed by atoms with Gasteiger partial charge in [0.25, 0.3) is 0 Å². The van der Waals surface area contributed by atoms with Gasteiger partial charge in [-0.3, -0.25) is 9.21 Å². The molecule has 0 bridgehead atoms. The molecule has 202 valence electrons. The van der Waals surface area contributed by atoms with E-state index in [4.69, 9.17) is 4.74 Å². The predicted octanol–water partition coefficient (Wildman–Crippen LogP) is 3.81. The average molecular weight is 533 g/mol. The maximum absolute atomic E-state index is 15.3. The fraction of sp³-hybridized carbons (Fsp3) is 0.519. The lowest BCUT2D eigenvalue weighted by Crippen LogP contribution is -2.49. The fourth-order valence-electron chi connectivity index (χ4n) is 5.36. The molecule has 0 N–H and O–H groups in total. The van der Waals surface area contributed by atoms with Crippen LogP contribution in [-0.2, 0) is 19.7 Å². The van der Waals surface area contributed by atoms with E-state index >= 15 is 4.39 Å². The van der Waals surface area contributed by atoms with E-state index in [9.17, 15) is 13.2 Å². The van der Waals surface area contributed by atoms with E-state index in [-0.39, 0.29) is 12.0 Å². The largest absolute Gasteiger partial charge is 0.465 e. The van der Waals surface area contributed by atoms with E-state index in [1.54, 1.807) is 19.1 Å². The van der Waals surface area contributed by atoms with Gasteiger partial charge >= 0.3 is 16.2 Å². The minimum atomic E-state index is -3.68. The van der Waals surface area contributed by atoms with Crippen molar-refractivity contribution in [2.24, 2.45) is 0 Å². The van der Waals surface area contributed by atoms with E-state index in [1.165, 1.54) is 14.7 Å². The standard InChI is InChI=1S/C27H37FN4O4S/c1-4-22(5-2)31-18-19-32(37(31,34)35)23-12-13-25(24(28)20-23)29-14-16-30(17-15-29)26(27(33)36-6-3)21-10-8-7-9-11-21/h7-13,20,22,26H,4-6,14-19H2,1-3H3. The number of hydrogen-bond acceptors (Lipinski definition) is 6. The molecule has 4 rings (SSSR count). The highest BCUT2D eigenvalue weighted by Crippen LogP contribution is 2.33. The topological polar surface area (TPSA) is 73.4 Å². The van der Waals surface area contributed by atoms with Gasteiger partial charge in [-0.25, -0.2) is 9.18 Å². The van der Waals surface area contributed by atoms with Crippen LogP contribution in [0.25, 0.3) is 0 Å². The van der Waals surface area contributed by atoms with Gasteiger partial charge in [-0.2, -0.15) is 12.7 Å². The lowest BCUT2D eigenvalue weighted by molar-refractivity contribution is -0.150. The van der Waals surface area contributed by atoms with Crippen molar-refractivity contribution >= 4 is 27.6 Å². The van der Waals surface area contributed by atoms with Gasteiger partial charge in [0.1, 0.15) is 11.9 Å². The Kier molecular flexibility index (Phi) is 8.71. The number of halogens is 1. The zero-order valence-corrected chi connectivity index (χ0v) is 22.7. The lowest BCUT2D eigenvalue weighted by atomic mass is 10.0. The number of benzene rings is 2. The maximum Gasteiger partial charge on any atom is 0.328 e. The second kappa shape index (κ2) is 11.8. The highest BCUT2D eigenvalue weighted by atomic mass is 32.2. The van der Waals surface area contributed by atoms with Gasteiger partial charge < -0.3 is 9.64 Å². The molecule has 0 saturated carbocycles. The van der Waals surface area contributed by atoms with E-state index < -0.39 is 22.1 Å². The van der Waals surface area contributed by atoms with Crippen molar-refractivity contribution in [1.82, 2.24) is 9.21 Å². The fourth-order valence-corrected chi connectivity index (χ4v) is 7.29. The molecule has 10 heteroatoms. The third-order valence-electron chi connectivity index (χ3n) is 7.31. The number of carbonyl (C=O) groups excluding carboxylic acids is 1. The number of rotatable bonds is 9.